The second kappa shape index (κ2) is 6.48. The van der Waals surface area contributed by atoms with E-state index in [0.29, 0.717) is 18.4 Å². The van der Waals surface area contributed by atoms with Gasteiger partial charge in [0.2, 0.25) is 0 Å². The van der Waals surface area contributed by atoms with E-state index >= 15 is 0 Å². The average molecular weight is 337 g/mol. The summed E-state index contributed by atoms with van der Waals surface area (Å²) in [6, 6.07) is 0. The van der Waals surface area contributed by atoms with Crippen LogP contribution in [0.5, 0.6) is 0 Å². The molecule has 23 heavy (non-hydrogen) atoms. The summed E-state index contributed by atoms with van der Waals surface area (Å²) in [4.78, 5) is 12.1. The Morgan fingerprint density at radius 1 is 1.26 bits per heavy atom. The Kier molecular flexibility index (Phi) is 5.33. The second-order valence-electron chi connectivity index (χ2n) is 9.74. The maximum atomic E-state index is 12.1. The summed E-state index contributed by atoms with van der Waals surface area (Å²) in [5.41, 5.74) is -0.262. The zero-order valence-electron chi connectivity index (χ0n) is 16.2. The molecule has 5 atom stereocenters. The highest BCUT2D eigenvalue weighted by molar-refractivity contribution is 6.74. The maximum Gasteiger partial charge on any atom is 0.192 e. The molecule has 0 aliphatic heterocycles. The number of fused-ring (bicyclic) bond motifs is 1. The third-order valence-electron chi connectivity index (χ3n) is 7.03. The van der Waals surface area contributed by atoms with Crippen LogP contribution in [0.3, 0.4) is 0 Å². The van der Waals surface area contributed by atoms with Crippen LogP contribution in [0, 0.1) is 29.1 Å². The average Bonchev–Trinajstić information content (AvgIpc) is 2.45. The van der Waals surface area contributed by atoms with E-state index in [4.69, 9.17) is 4.43 Å². The molecule has 2 aliphatic rings. The molecule has 132 valence electrons. The monoisotopic (exact) mass is 336 g/mol. The molecule has 2 rings (SSSR count). The van der Waals surface area contributed by atoms with E-state index in [2.05, 4.69) is 59.9 Å². The van der Waals surface area contributed by atoms with Gasteiger partial charge in [-0.2, -0.15) is 0 Å². The number of rotatable bonds is 4. The summed E-state index contributed by atoms with van der Waals surface area (Å²) in [5.74, 6) is 2.09. The molecule has 3 heteroatoms. The van der Waals surface area contributed by atoms with Gasteiger partial charge in [0.15, 0.2) is 8.32 Å². The Labute approximate surface area is 144 Å². The molecule has 0 aromatic rings. The molecule has 0 spiro atoms. The molecule has 0 unspecified atom stereocenters. The minimum Gasteiger partial charge on any atom is -0.416 e. The summed E-state index contributed by atoms with van der Waals surface area (Å²) >= 11 is 0. The number of allylic oxidation sites excluding steroid dienone is 1. The van der Waals surface area contributed by atoms with Crippen LogP contribution < -0.4 is 0 Å². The molecule has 0 heterocycles. The van der Waals surface area contributed by atoms with Crippen molar-refractivity contribution in [3.05, 3.63) is 12.2 Å². The Bertz CT molecular complexity index is 463. The van der Waals surface area contributed by atoms with Crippen molar-refractivity contribution in [3.63, 3.8) is 0 Å². The van der Waals surface area contributed by atoms with Crippen LogP contribution in [0.1, 0.15) is 53.9 Å². The van der Waals surface area contributed by atoms with E-state index in [0.717, 1.165) is 5.92 Å². The highest BCUT2D eigenvalue weighted by atomic mass is 28.4. The molecule has 0 saturated heterocycles. The van der Waals surface area contributed by atoms with E-state index in [1.54, 1.807) is 0 Å². The van der Waals surface area contributed by atoms with E-state index in [1.165, 1.54) is 25.5 Å². The van der Waals surface area contributed by atoms with E-state index in [1.807, 2.05) is 0 Å². The Morgan fingerprint density at radius 2 is 1.91 bits per heavy atom. The second-order valence-corrected chi connectivity index (χ2v) is 14.5. The highest BCUT2D eigenvalue weighted by Gasteiger charge is 2.48. The van der Waals surface area contributed by atoms with Gasteiger partial charge < -0.3 is 9.22 Å². The lowest BCUT2D eigenvalue weighted by atomic mass is 9.56. The van der Waals surface area contributed by atoms with Crippen molar-refractivity contribution < 1.29 is 9.22 Å². The van der Waals surface area contributed by atoms with E-state index in [-0.39, 0.29) is 16.4 Å². The number of hydrogen-bond donors (Lipinski definition) is 0. The highest BCUT2D eigenvalue weighted by Crippen LogP contribution is 2.51. The van der Waals surface area contributed by atoms with Crippen LogP contribution in [0.25, 0.3) is 0 Å². The molecule has 0 amide bonds. The van der Waals surface area contributed by atoms with Crippen molar-refractivity contribution in [2.24, 2.45) is 29.1 Å². The van der Waals surface area contributed by atoms with Crippen molar-refractivity contribution >= 4 is 14.6 Å². The van der Waals surface area contributed by atoms with Crippen LogP contribution in [0.2, 0.25) is 18.1 Å². The lowest BCUT2D eigenvalue weighted by molar-refractivity contribution is -0.124. The van der Waals surface area contributed by atoms with Crippen molar-refractivity contribution in [2.45, 2.75) is 72.0 Å². The normalized spacial score (nSPS) is 38.2. The van der Waals surface area contributed by atoms with Gasteiger partial charge in [0.1, 0.15) is 6.29 Å². The number of carbonyl (C=O) groups is 1. The molecule has 0 N–H and O–H groups in total. The van der Waals surface area contributed by atoms with Crippen LogP contribution >= 0.6 is 0 Å². The molecule has 0 aromatic heterocycles. The molecule has 0 aromatic carbocycles. The van der Waals surface area contributed by atoms with Gasteiger partial charge in [0.25, 0.3) is 0 Å². The first-order chi connectivity index (χ1) is 10.5. The molecule has 2 aliphatic carbocycles. The summed E-state index contributed by atoms with van der Waals surface area (Å²) in [7, 11) is -1.77. The zero-order valence-corrected chi connectivity index (χ0v) is 17.2. The fourth-order valence-electron chi connectivity index (χ4n) is 4.09. The minimum absolute atomic E-state index is 0.214. The van der Waals surface area contributed by atoms with Crippen LogP contribution in [0.4, 0.5) is 0 Å². The Balaban J connectivity index is 2.15. The predicted octanol–water partition coefficient (Wildman–Crippen LogP) is 5.45. The molecule has 2 nitrogen and oxygen atoms in total. The predicted molar refractivity (Wildman–Crippen MR) is 99.9 cm³/mol. The van der Waals surface area contributed by atoms with Gasteiger partial charge in [-0.15, -0.1) is 0 Å². The third kappa shape index (κ3) is 3.66. The first kappa shape index (κ1) is 18.9. The van der Waals surface area contributed by atoms with Crippen molar-refractivity contribution in [1.82, 2.24) is 0 Å². The van der Waals surface area contributed by atoms with Gasteiger partial charge in [-0.3, -0.25) is 0 Å². The van der Waals surface area contributed by atoms with Gasteiger partial charge in [-0.05, 0) is 48.7 Å². The van der Waals surface area contributed by atoms with Crippen LogP contribution in [-0.4, -0.2) is 21.2 Å². The Morgan fingerprint density at radius 3 is 2.48 bits per heavy atom. The lowest BCUT2D eigenvalue weighted by Gasteiger charge is -2.49. The van der Waals surface area contributed by atoms with Gasteiger partial charge in [-0.25, -0.2) is 0 Å². The topological polar surface area (TPSA) is 26.3 Å². The first-order valence-electron chi connectivity index (χ1n) is 9.30. The summed E-state index contributed by atoms with van der Waals surface area (Å²) < 4.78 is 6.46. The zero-order chi connectivity index (χ0) is 17.5. The molecular formula is C20H36O2Si. The summed E-state index contributed by atoms with van der Waals surface area (Å²) in [5, 5.41) is 0.214. The number of aldehydes is 1. The summed E-state index contributed by atoms with van der Waals surface area (Å²) in [6.45, 7) is 16.6. The fraction of sp³-hybridized carbons (Fsp3) is 0.850. The van der Waals surface area contributed by atoms with Crippen molar-refractivity contribution in [2.75, 3.05) is 6.61 Å². The van der Waals surface area contributed by atoms with Crippen molar-refractivity contribution in [1.29, 1.82) is 0 Å². The van der Waals surface area contributed by atoms with Crippen molar-refractivity contribution in [3.8, 4) is 0 Å². The lowest BCUT2D eigenvalue weighted by Crippen LogP contribution is -2.48. The van der Waals surface area contributed by atoms with E-state index in [9.17, 15) is 4.79 Å². The number of carbonyl (C=O) groups excluding carboxylic acids is 1. The van der Waals surface area contributed by atoms with Gasteiger partial charge in [0.05, 0.1) is 0 Å². The quantitative estimate of drug-likeness (QED) is 0.387. The van der Waals surface area contributed by atoms with Gasteiger partial charge in [-0.1, -0.05) is 53.2 Å². The first-order valence-corrected chi connectivity index (χ1v) is 12.2. The largest absolute Gasteiger partial charge is 0.416 e. The fourth-order valence-corrected chi connectivity index (χ4v) is 5.12. The van der Waals surface area contributed by atoms with Crippen LogP contribution in [-0.2, 0) is 9.22 Å². The van der Waals surface area contributed by atoms with Gasteiger partial charge >= 0.3 is 0 Å². The standard InChI is InChI=1S/C20H36O2Si/c1-15-8-11-18-16(12-15)9-10-17(20(18,5)14-21)13-22-23(6,7)19(2,3)4/h9-10,14-18H,8,11-13H2,1-7H3/t15-,16-,17+,18-,20-/m0/s1. The molecule has 0 bridgehead atoms. The third-order valence-corrected chi connectivity index (χ3v) is 11.5. The van der Waals surface area contributed by atoms with E-state index < -0.39 is 8.32 Å². The molecular weight excluding hydrogens is 300 g/mol. The summed E-state index contributed by atoms with van der Waals surface area (Å²) in [6.07, 6.45) is 9.60. The number of hydrogen-bond acceptors (Lipinski definition) is 2. The SMILES string of the molecule is C[C@H]1CC[C@H]2[C@@H](C=C[C@H](CO[Si](C)(C)C(C)(C)C)[C@]2(C)C=O)C1. The molecule has 0 radical (unpaired) electrons. The molecule has 1 fully saturated rings. The molecule has 1 saturated carbocycles. The smallest absolute Gasteiger partial charge is 0.192 e. The maximum absolute atomic E-state index is 12.1. The van der Waals surface area contributed by atoms with Gasteiger partial charge in [0, 0.05) is 17.9 Å². The Hall–Kier alpha value is -0.413. The van der Waals surface area contributed by atoms with Crippen LogP contribution in [0.15, 0.2) is 12.2 Å². The minimum atomic E-state index is -1.77.